The standard InChI is InChI=1S/C21H18O5/c1-11-5-16-14(3-4-18(23-2)21(16)26-11)12-6-13-8-19-20(25-10-24-19)9-15(13)17(22)7-12/h3-5,8-9,12H,6-7,10H2,1-2H3. The first-order valence-corrected chi connectivity index (χ1v) is 8.67. The Morgan fingerprint density at radius 2 is 1.88 bits per heavy atom. The maximum atomic E-state index is 12.8. The average Bonchev–Trinajstić information content (AvgIpc) is 3.24. The van der Waals surface area contributed by atoms with Gasteiger partial charge in [-0.3, -0.25) is 4.79 Å². The van der Waals surface area contributed by atoms with Gasteiger partial charge in [-0.25, -0.2) is 0 Å². The number of Topliss-reactive ketones (excluding diaryl/α,β-unsaturated/α-hetero) is 1. The maximum Gasteiger partial charge on any atom is 0.231 e. The number of hydrogen-bond acceptors (Lipinski definition) is 5. The summed E-state index contributed by atoms with van der Waals surface area (Å²) in [7, 11) is 1.63. The van der Waals surface area contributed by atoms with Crippen LogP contribution in [0, 0.1) is 6.92 Å². The van der Waals surface area contributed by atoms with E-state index in [-0.39, 0.29) is 18.5 Å². The molecule has 0 fully saturated rings. The minimum absolute atomic E-state index is 0.0979. The number of benzene rings is 2. The summed E-state index contributed by atoms with van der Waals surface area (Å²) >= 11 is 0. The molecule has 0 bridgehead atoms. The molecule has 0 radical (unpaired) electrons. The molecule has 1 aliphatic heterocycles. The van der Waals surface area contributed by atoms with Crippen molar-refractivity contribution in [2.24, 2.45) is 0 Å². The van der Waals surface area contributed by atoms with Crippen LogP contribution < -0.4 is 14.2 Å². The Kier molecular flexibility index (Phi) is 3.26. The van der Waals surface area contributed by atoms with Crippen molar-refractivity contribution in [3.8, 4) is 17.2 Å². The number of carbonyl (C=O) groups is 1. The second-order valence-electron chi connectivity index (χ2n) is 6.85. The summed E-state index contributed by atoms with van der Waals surface area (Å²) in [5.74, 6) is 3.16. The lowest BCUT2D eigenvalue weighted by Gasteiger charge is -2.25. The van der Waals surface area contributed by atoms with E-state index in [2.05, 4.69) is 0 Å². The highest BCUT2D eigenvalue weighted by molar-refractivity contribution is 6.00. The second kappa shape index (κ2) is 5.53. The number of ketones is 1. The van der Waals surface area contributed by atoms with Gasteiger partial charge in [0, 0.05) is 17.4 Å². The smallest absolute Gasteiger partial charge is 0.231 e. The SMILES string of the molecule is COc1ccc(C2CC(=O)c3cc4c(cc3C2)OCO4)c2cc(C)oc12. The van der Waals surface area contributed by atoms with Gasteiger partial charge in [0.25, 0.3) is 0 Å². The molecule has 0 N–H and O–H groups in total. The number of fused-ring (bicyclic) bond motifs is 3. The summed E-state index contributed by atoms with van der Waals surface area (Å²) in [5, 5.41) is 1.02. The van der Waals surface area contributed by atoms with Crippen molar-refractivity contribution < 1.29 is 23.4 Å². The molecular weight excluding hydrogens is 332 g/mol. The van der Waals surface area contributed by atoms with Crippen LogP contribution in [0.25, 0.3) is 11.0 Å². The minimum Gasteiger partial charge on any atom is -0.493 e. The van der Waals surface area contributed by atoms with Crippen LogP contribution in [0.15, 0.2) is 34.7 Å². The Morgan fingerprint density at radius 3 is 2.69 bits per heavy atom. The molecule has 2 aliphatic rings. The van der Waals surface area contributed by atoms with Crippen LogP contribution >= 0.6 is 0 Å². The highest BCUT2D eigenvalue weighted by Crippen LogP contribution is 2.43. The van der Waals surface area contributed by atoms with E-state index in [0.717, 1.165) is 45.6 Å². The molecule has 3 aromatic rings. The van der Waals surface area contributed by atoms with Gasteiger partial charge in [-0.1, -0.05) is 6.07 Å². The molecule has 0 saturated heterocycles. The van der Waals surface area contributed by atoms with Gasteiger partial charge in [-0.05, 0) is 54.7 Å². The van der Waals surface area contributed by atoms with Crippen LogP contribution in [0.3, 0.4) is 0 Å². The summed E-state index contributed by atoms with van der Waals surface area (Å²) < 4.78 is 22.1. The van der Waals surface area contributed by atoms with E-state index in [0.29, 0.717) is 17.9 Å². The summed E-state index contributed by atoms with van der Waals surface area (Å²) in [6, 6.07) is 9.75. The van der Waals surface area contributed by atoms with E-state index < -0.39 is 0 Å². The number of ether oxygens (including phenoxy) is 3. The number of furan rings is 1. The average molecular weight is 350 g/mol. The van der Waals surface area contributed by atoms with Crippen molar-refractivity contribution in [3.05, 3.63) is 52.8 Å². The number of rotatable bonds is 2. The highest BCUT2D eigenvalue weighted by Gasteiger charge is 2.31. The Bertz CT molecular complexity index is 1050. The molecule has 2 aromatic carbocycles. The monoisotopic (exact) mass is 350 g/mol. The molecule has 1 unspecified atom stereocenters. The van der Waals surface area contributed by atoms with Crippen LogP contribution in [0.1, 0.15) is 39.6 Å². The van der Waals surface area contributed by atoms with E-state index in [1.54, 1.807) is 7.11 Å². The fourth-order valence-corrected chi connectivity index (χ4v) is 4.06. The second-order valence-corrected chi connectivity index (χ2v) is 6.85. The molecule has 0 amide bonds. The van der Waals surface area contributed by atoms with Gasteiger partial charge in [0.1, 0.15) is 5.76 Å². The van der Waals surface area contributed by atoms with E-state index in [1.807, 2.05) is 37.3 Å². The zero-order chi connectivity index (χ0) is 17.8. The Hall–Kier alpha value is -2.95. The van der Waals surface area contributed by atoms with Gasteiger partial charge in [-0.15, -0.1) is 0 Å². The fraction of sp³-hybridized carbons (Fsp3) is 0.286. The normalized spacial score (nSPS) is 18.2. The summed E-state index contributed by atoms with van der Waals surface area (Å²) in [5.41, 5.74) is 3.62. The highest BCUT2D eigenvalue weighted by atomic mass is 16.7. The third-order valence-corrected chi connectivity index (χ3v) is 5.26. The van der Waals surface area contributed by atoms with Crippen LogP contribution in [0.2, 0.25) is 0 Å². The van der Waals surface area contributed by atoms with Crippen molar-refractivity contribution >= 4 is 16.8 Å². The number of carbonyl (C=O) groups excluding carboxylic acids is 1. The molecule has 26 heavy (non-hydrogen) atoms. The zero-order valence-corrected chi connectivity index (χ0v) is 14.6. The van der Waals surface area contributed by atoms with E-state index in [1.165, 1.54) is 0 Å². The quantitative estimate of drug-likeness (QED) is 0.686. The first kappa shape index (κ1) is 15.3. The summed E-state index contributed by atoms with van der Waals surface area (Å²) in [6.45, 7) is 2.13. The van der Waals surface area contributed by atoms with Crippen molar-refractivity contribution in [1.82, 2.24) is 0 Å². The lowest BCUT2D eigenvalue weighted by molar-refractivity contribution is 0.0964. The molecule has 0 spiro atoms. The molecule has 132 valence electrons. The molecule has 1 aromatic heterocycles. The van der Waals surface area contributed by atoms with Crippen molar-refractivity contribution in [2.75, 3.05) is 13.9 Å². The van der Waals surface area contributed by atoms with Crippen molar-refractivity contribution in [1.29, 1.82) is 0 Å². The first-order valence-electron chi connectivity index (χ1n) is 8.67. The summed E-state index contributed by atoms with van der Waals surface area (Å²) in [6.07, 6.45) is 1.25. The van der Waals surface area contributed by atoms with Crippen molar-refractivity contribution in [2.45, 2.75) is 25.7 Å². The van der Waals surface area contributed by atoms with Gasteiger partial charge in [0.2, 0.25) is 6.79 Å². The largest absolute Gasteiger partial charge is 0.493 e. The lowest BCUT2D eigenvalue weighted by atomic mass is 9.78. The molecule has 5 heteroatoms. The van der Waals surface area contributed by atoms with Gasteiger partial charge >= 0.3 is 0 Å². The van der Waals surface area contributed by atoms with Gasteiger partial charge in [-0.2, -0.15) is 0 Å². The van der Waals surface area contributed by atoms with Gasteiger partial charge < -0.3 is 18.6 Å². The number of hydrogen-bond donors (Lipinski definition) is 0. The third-order valence-electron chi connectivity index (χ3n) is 5.26. The molecule has 0 saturated carbocycles. The predicted octanol–water partition coefficient (Wildman–Crippen LogP) is 4.39. The number of aryl methyl sites for hydroxylation is 1. The Morgan fingerprint density at radius 1 is 1.08 bits per heavy atom. The predicted molar refractivity (Wildman–Crippen MR) is 95.5 cm³/mol. The minimum atomic E-state index is 0.0979. The molecule has 5 nitrogen and oxygen atoms in total. The fourth-order valence-electron chi connectivity index (χ4n) is 4.06. The third kappa shape index (κ3) is 2.20. The van der Waals surface area contributed by atoms with Gasteiger partial charge in [0.05, 0.1) is 7.11 Å². The van der Waals surface area contributed by atoms with Crippen LogP contribution in [0.5, 0.6) is 17.2 Å². The molecule has 1 atom stereocenters. The van der Waals surface area contributed by atoms with E-state index in [4.69, 9.17) is 18.6 Å². The molecule has 2 heterocycles. The van der Waals surface area contributed by atoms with E-state index in [9.17, 15) is 4.79 Å². The summed E-state index contributed by atoms with van der Waals surface area (Å²) in [4.78, 5) is 12.8. The van der Waals surface area contributed by atoms with E-state index >= 15 is 0 Å². The zero-order valence-electron chi connectivity index (χ0n) is 14.6. The van der Waals surface area contributed by atoms with Crippen LogP contribution in [-0.4, -0.2) is 19.7 Å². The Balaban J connectivity index is 1.60. The molecule has 5 rings (SSSR count). The first-order chi connectivity index (χ1) is 12.6. The van der Waals surface area contributed by atoms with Crippen LogP contribution in [0.4, 0.5) is 0 Å². The van der Waals surface area contributed by atoms with Crippen LogP contribution in [-0.2, 0) is 6.42 Å². The lowest BCUT2D eigenvalue weighted by Crippen LogP contribution is -2.19. The topological polar surface area (TPSA) is 57.9 Å². The molecule has 1 aliphatic carbocycles. The molecular formula is C21H18O5. The van der Waals surface area contributed by atoms with Crippen molar-refractivity contribution in [3.63, 3.8) is 0 Å². The maximum absolute atomic E-state index is 12.8. The number of methoxy groups -OCH3 is 1. The van der Waals surface area contributed by atoms with Gasteiger partial charge in [0.15, 0.2) is 28.6 Å². The Labute approximate surface area is 150 Å².